The third-order valence-electron chi connectivity index (χ3n) is 4.93. The standard InChI is InChI=1S/C20H20Cl2N2O2S2/c1-26-9-8-24-19(25)17-14-4-2-3-5-16(14)28-18(17)23-20(24)27-11-12-6-7-13(21)10-15(12)22/h6-7,10H,2-5,8-9,11H2,1H3. The van der Waals surface area contributed by atoms with E-state index in [9.17, 15) is 4.79 Å². The molecule has 148 valence electrons. The van der Waals surface area contributed by atoms with E-state index < -0.39 is 0 Å². The molecule has 1 aliphatic carbocycles. The molecule has 0 spiro atoms. The maximum absolute atomic E-state index is 13.3. The summed E-state index contributed by atoms with van der Waals surface area (Å²) in [6.45, 7) is 0.953. The molecule has 0 fully saturated rings. The Morgan fingerprint density at radius 2 is 2.11 bits per heavy atom. The number of hydrogen-bond donors (Lipinski definition) is 0. The molecule has 4 nitrogen and oxygen atoms in total. The van der Waals surface area contributed by atoms with E-state index in [-0.39, 0.29) is 5.56 Å². The lowest BCUT2D eigenvalue weighted by Gasteiger charge is -2.13. The summed E-state index contributed by atoms with van der Waals surface area (Å²) >= 11 is 15.5. The number of hydrogen-bond acceptors (Lipinski definition) is 5. The van der Waals surface area contributed by atoms with Gasteiger partial charge in [-0.2, -0.15) is 0 Å². The fraction of sp³-hybridized carbons (Fsp3) is 0.400. The maximum atomic E-state index is 13.3. The molecule has 0 saturated carbocycles. The van der Waals surface area contributed by atoms with E-state index in [1.165, 1.54) is 28.6 Å². The van der Waals surface area contributed by atoms with Crippen LogP contribution in [0.1, 0.15) is 28.8 Å². The van der Waals surface area contributed by atoms with Crippen LogP contribution in [0.4, 0.5) is 0 Å². The van der Waals surface area contributed by atoms with Gasteiger partial charge in [-0.25, -0.2) is 4.98 Å². The van der Waals surface area contributed by atoms with Gasteiger partial charge in [-0.15, -0.1) is 11.3 Å². The fourth-order valence-corrected chi connectivity index (χ4v) is 6.38. The van der Waals surface area contributed by atoms with Gasteiger partial charge in [0.1, 0.15) is 4.83 Å². The highest BCUT2D eigenvalue weighted by atomic mass is 35.5. The summed E-state index contributed by atoms with van der Waals surface area (Å²) < 4.78 is 6.98. The van der Waals surface area contributed by atoms with Crippen molar-refractivity contribution < 1.29 is 4.74 Å². The van der Waals surface area contributed by atoms with Crippen molar-refractivity contribution in [1.29, 1.82) is 0 Å². The topological polar surface area (TPSA) is 44.1 Å². The quantitative estimate of drug-likeness (QED) is 0.360. The fourth-order valence-electron chi connectivity index (χ4n) is 3.49. The first kappa shape index (κ1) is 20.2. The Bertz CT molecular complexity index is 1080. The van der Waals surface area contributed by atoms with Gasteiger partial charge in [-0.1, -0.05) is 41.0 Å². The van der Waals surface area contributed by atoms with E-state index in [2.05, 4.69) is 0 Å². The summed E-state index contributed by atoms with van der Waals surface area (Å²) in [7, 11) is 1.64. The summed E-state index contributed by atoms with van der Waals surface area (Å²) in [6, 6.07) is 5.48. The lowest BCUT2D eigenvalue weighted by Crippen LogP contribution is -2.25. The second kappa shape index (κ2) is 8.76. The van der Waals surface area contributed by atoms with Crippen LogP contribution >= 0.6 is 46.3 Å². The van der Waals surface area contributed by atoms with Crippen molar-refractivity contribution in [1.82, 2.24) is 9.55 Å². The smallest absolute Gasteiger partial charge is 0.263 e. The molecule has 8 heteroatoms. The first-order valence-electron chi connectivity index (χ1n) is 9.19. The molecule has 0 amide bonds. The minimum atomic E-state index is 0.0474. The Hall–Kier alpha value is -1.05. The Kier molecular flexibility index (Phi) is 6.33. The van der Waals surface area contributed by atoms with Crippen LogP contribution < -0.4 is 5.56 Å². The van der Waals surface area contributed by atoms with Gasteiger partial charge in [-0.3, -0.25) is 9.36 Å². The Morgan fingerprint density at radius 3 is 2.89 bits per heavy atom. The van der Waals surface area contributed by atoms with Gasteiger partial charge >= 0.3 is 0 Å². The molecular weight excluding hydrogens is 435 g/mol. The minimum absolute atomic E-state index is 0.0474. The highest BCUT2D eigenvalue weighted by Crippen LogP contribution is 2.35. The molecule has 0 unspecified atom stereocenters. The van der Waals surface area contributed by atoms with Gasteiger partial charge in [0.2, 0.25) is 0 Å². The molecule has 2 aromatic heterocycles. The number of nitrogens with zero attached hydrogens (tertiary/aromatic N) is 2. The molecule has 2 heterocycles. The Labute approximate surface area is 181 Å². The van der Waals surface area contributed by atoms with Gasteiger partial charge < -0.3 is 4.74 Å². The molecule has 1 aliphatic rings. The lowest BCUT2D eigenvalue weighted by atomic mass is 9.97. The monoisotopic (exact) mass is 454 g/mol. The number of methoxy groups -OCH3 is 1. The van der Waals surface area contributed by atoms with E-state index >= 15 is 0 Å². The van der Waals surface area contributed by atoms with Crippen LogP contribution in [0.25, 0.3) is 10.2 Å². The molecule has 0 aliphatic heterocycles. The predicted octanol–water partition coefficient (Wildman–Crippen LogP) is 5.58. The molecule has 28 heavy (non-hydrogen) atoms. The van der Waals surface area contributed by atoms with Crippen molar-refractivity contribution in [3.05, 3.63) is 54.6 Å². The zero-order chi connectivity index (χ0) is 19.7. The molecule has 4 rings (SSSR count). The predicted molar refractivity (Wildman–Crippen MR) is 118 cm³/mol. The number of aromatic nitrogens is 2. The van der Waals surface area contributed by atoms with E-state index in [1.54, 1.807) is 29.1 Å². The number of rotatable bonds is 6. The molecule has 0 bridgehead atoms. The molecule has 3 aromatic rings. The number of thiophene rings is 1. The third-order valence-corrected chi connectivity index (χ3v) is 7.73. The van der Waals surface area contributed by atoms with Gasteiger partial charge in [0.25, 0.3) is 5.56 Å². The van der Waals surface area contributed by atoms with Gasteiger partial charge in [0.05, 0.1) is 18.5 Å². The van der Waals surface area contributed by atoms with E-state index in [4.69, 9.17) is 32.9 Å². The Balaban J connectivity index is 1.74. The van der Waals surface area contributed by atoms with E-state index in [0.29, 0.717) is 34.1 Å². The summed E-state index contributed by atoms with van der Waals surface area (Å²) in [5.74, 6) is 0.617. The first-order valence-corrected chi connectivity index (χ1v) is 11.7. The summed E-state index contributed by atoms with van der Waals surface area (Å²) in [6.07, 6.45) is 4.36. The normalized spacial score (nSPS) is 13.8. The average Bonchev–Trinajstić information content (AvgIpc) is 3.05. The van der Waals surface area contributed by atoms with Crippen LogP contribution in [0.5, 0.6) is 0 Å². The number of halogens is 2. The first-order chi connectivity index (χ1) is 13.6. The molecular formula is C20H20Cl2N2O2S2. The largest absolute Gasteiger partial charge is 0.383 e. The molecule has 0 N–H and O–H groups in total. The zero-order valence-corrected chi connectivity index (χ0v) is 18.6. The van der Waals surface area contributed by atoms with Crippen molar-refractivity contribution >= 4 is 56.5 Å². The van der Waals surface area contributed by atoms with Crippen molar-refractivity contribution in [3.8, 4) is 0 Å². The number of ether oxygens (including phenoxy) is 1. The van der Waals surface area contributed by atoms with Crippen molar-refractivity contribution in [2.24, 2.45) is 0 Å². The zero-order valence-electron chi connectivity index (χ0n) is 15.5. The second-order valence-electron chi connectivity index (χ2n) is 6.76. The van der Waals surface area contributed by atoms with E-state index in [0.717, 1.165) is 35.0 Å². The van der Waals surface area contributed by atoms with Crippen LogP contribution in [0.3, 0.4) is 0 Å². The number of aryl methyl sites for hydroxylation is 2. The number of fused-ring (bicyclic) bond motifs is 3. The van der Waals surface area contributed by atoms with Crippen LogP contribution in [-0.2, 0) is 29.9 Å². The van der Waals surface area contributed by atoms with E-state index in [1.807, 2.05) is 12.1 Å². The average molecular weight is 455 g/mol. The van der Waals surface area contributed by atoms with Gasteiger partial charge in [0, 0.05) is 27.8 Å². The van der Waals surface area contributed by atoms with Gasteiger partial charge in [-0.05, 0) is 48.9 Å². The lowest BCUT2D eigenvalue weighted by molar-refractivity contribution is 0.183. The Morgan fingerprint density at radius 1 is 1.29 bits per heavy atom. The van der Waals surface area contributed by atoms with Crippen LogP contribution in [0, 0.1) is 0 Å². The van der Waals surface area contributed by atoms with Crippen molar-refractivity contribution in [2.45, 2.75) is 43.1 Å². The number of benzene rings is 1. The minimum Gasteiger partial charge on any atom is -0.383 e. The third kappa shape index (κ3) is 3.98. The van der Waals surface area contributed by atoms with Crippen LogP contribution in [-0.4, -0.2) is 23.3 Å². The van der Waals surface area contributed by atoms with Crippen molar-refractivity contribution in [2.75, 3.05) is 13.7 Å². The van der Waals surface area contributed by atoms with Crippen LogP contribution in [0.15, 0.2) is 28.2 Å². The maximum Gasteiger partial charge on any atom is 0.263 e. The van der Waals surface area contributed by atoms with Crippen molar-refractivity contribution in [3.63, 3.8) is 0 Å². The molecule has 0 radical (unpaired) electrons. The molecule has 0 saturated heterocycles. The highest BCUT2D eigenvalue weighted by Gasteiger charge is 2.22. The molecule has 1 aromatic carbocycles. The highest BCUT2D eigenvalue weighted by molar-refractivity contribution is 7.98. The van der Waals surface area contributed by atoms with Crippen LogP contribution in [0.2, 0.25) is 10.0 Å². The summed E-state index contributed by atoms with van der Waals surface area (Å²) in [5.41, 5.74) is 2.23. The molecule has 0 atom stereocenters. The SMILES string of the molecule is COCCn1c(SCc2ccc(Cl)cc2Cl)nc2sc3c(c2c1=O)CCCC3. The van der Waals surface area contributed by atoms with Gasteiger partial charge in [0.15, 0.2) is 5.16 Å². The second-order valence-corrected chi connectivity index (χ2v) is 9.63. The summed E-state index contributed by atoms with van der Waals surface area (Å²) in [4.78, 5) is 20.4. The summed E-state index contributed by atoms with van der Waals surface area (Å²) in [5, 5.41) is 2.75. The number of thioether (sulfide) groups is 1.